The average molecular weight is 401 g/mol. The van der Waals surface area contributed by atoms with Gasteiger partial charge in [0.05, 0.1) is 11.4 Å². The van der Waals surface area contributed by atoms with Crippen molar-refractivity contribution < 1.29 is 18.0 Å². The van der Waals surface area contributed by atoms with Crippen LogP contribution >= 0.6 is 0 Å². The molecule has 2 aromatic carbocycles. The number of hydrogen-bond acceptors (Lipinski definition) is 4. The molecule has 0 radical (unpaired) electrons. The monoisotopic (exact) mass is 401 g/mol. The molecule has 1 fully saturated rings. The lowest BCUT2D eigenvalue weighted by Gasteiger charge is -2.19. The molecule has 2 N–H and O–H groups in total. The van der Waals surface area contributed by atoms with Gasteiger partial charge in [0.2, 0.25) is 10.0 Å². The molecule has 8 heteroatoms. The average Bonchev–Trinajstić information content (AvgIpc) is 3.02. The van der Waals surface area contributed by atoms with E-state index in [4.69, 9.17) is 0 Å². The van der Waals surface area contributed by atoms with Crippen molar-refractivity contribution in [3.05, 3.63) is 59.2 Å². The minimum atomic E-state index is -3.32. The Kier molecular flexibility index (Phi) is 5.69. The zero-order chi connectivity index (χ0) is 20.3. The van der Waals surface area contributed by atoms with E-state index in [-0.39, 0.29) is 12.3 Å². The molecule has 3 rings (SSSR count). The zero-order valence-corrected chi connectivity index (χ0v) is 16.7. The van der Waals surface area contributed by atoms with Gasteiger partial charge < -0.3 is 10.6 Å². The first kappa shape index (κ1) is 19.9. The first-order valence-corrected chi connectivity index (χ1v) is 10.6. The standard InChI is InChI=1S/C20H23N3O4S/c1-14-4-7-16(8-5-14)13-21-19(24)20(25)22-18-12-17(9-6-15(18)2)23-10-3-11-28(23,26)27/h4-9,12H,3,10-11,13H2,1-2H3,(H,21,24)(H,22,25). The Hall–Kier alpha value is -2.87. The van der Waals surface area contributed by atoms with E-state index in [2.05, 4.69) is 10.6 Å². The highest BCUT2D eigenvalue weighted by Gasteiger charge is 2.28. The first-order valence-electron chi connectivity index (χ1n) is 9.02. The molecule has 1 saturated heterocycles. The highest BCUT2D eigenvalue weighted by Crippen LogP contribution is 2.28. The molecule has 0 aliphatic carbocycles. The van der Waals surface area contributed by atoms with Gasteiger partial charge in [-0.25, -0.2) is 8.42 Å². The summed E-state index contributed by atoms with van der Waals surface area (Å²) in [4.78, 5) is 24.4. The molecule has 1 aliphatic rings. The summed E-state index contributed by atoms with van der Waals surface area (Å²) in [5.41, 5.74) is 3.64. The number of benzene rings is 2. The van der Waals surface area contributed by atoms with Gasteiger partial charge in [0, 0.05) is 18.8 Å². The normalized spacial score (nSPS) is 15.3. The molecule has 0 spiro atoms. The van der Waals surface area contributed by atoms with Crippen LogP contribution in [-0.2, 0) is 26.2 Å². The molecule has 2 aromatic rings. The number of aryl methyl sites for hydroxylation is 2. The van der Waals surface area contributed by atoms with Crippen LogP contribution in [0.2, 0.25) is 0 Å². The summed E-state index contributed by atoms with van der Waals surface area (Å²) in [6.07, 6.45) is 0.569. The molecule has 0 saturated carbocycles. The largest absolute Gasteiger partial charge is 0.344 e. The fraction of sp³-hybridized carbons (Fsp3) is 0.300. The van der Waals surface area contributed by atoms with Gasteiger partial charge in [0.15, 0.2) is 0 Å². The Labute approximate surface area is 164 Å². The van der Waals surface area contributed by atoms with Crippen molar-refractivity contribution in [2.24, 2.45) is 0 Å². The summed E-state index contributed by atoms with van der Waals surface area (Å²) in [5, 5.41) is 5.16. The van der Waals surface area contributed by atoms with Crippen LogP contribution in [0.3, 0.4) is 0 Å². The number of amides is 2. The molecule has 2 amide bonds. The van der Waals surface area contributed by atoms with E-state index in [0.29, 0.717) is 24.3 Å². The predicted molar refractivity (Wildman–Crippen MR) is 109 cm³/mol. The lowest BCUT2D eigenvalue weighted by molar-refractivity contribution is -0.136. The third-order valence-corrected chi connectivity index (χ3v) is 6.51. The van der Waals surface area contributed by atoms with Gasteiger partial charge in [-0.2, -0.15) is 0 Å². The molecule has 0 aromatic heterocycles. The maximum Gasteiger partial charge on any atom is 0.313 e. The summed E-state index contributed by atoms with van der Waals surface area (Å²) < 4.78 is 25.5. The van der Waals surface area contributed by atoms with E-state index in [1.807, 2.05) is 31.2 Å². The van der Waals surface area contributed by atoms with E-state index in [0.717, 1.165) is 16.7 Å². The number of rotatable bonds is 4. The van der Waals surface area contributed by atoms with Crippen LogP contribution < -0.4 is 14.9 Å². The third-order valence-electron chi connectivity index (χ3n) is 4.64. The number of carbonyl (C=O) groups excluding carboxylic acids is 2. The Balaban J connectivity index is 1.66. The minimum absolute atomic E-state index is 0.115. The molecule has 28 heavy (non-hydrogen) atoms. The smallest absolute Gasteiger partial charge is 0.313 e. The number of hydrogen-bond donors (Lipinski definition) is 2. The molecule has 0 unspecified atom stereocenters. The van der Waals surface area contributed by atoms with Crippen molar-refractivity contribution in [3.8, 4) is 0 Å². The van der Waals surface area contributed by atoms with Crippen LogP contribution in [0.25, 0.3) is 0 Å². The second kappa shape index (κ2) is 8.02. The van der Waals surface area contributed by atoms with Crippen molar-refractivity contribution in [1.29, 1.82) is 0 Å². The summed E-state index contributed by atoms with van der Waals surface area (Å²) in [6, 6.07) is 12.7. The molecule has 0 atom stereocenters. The van der Waals surface area contributed by atoms with Crippen LogP contribution in [0.4, 0.5) is 11.4 Å². The summed E-state index contributed by atoms with van der Waals surface area (Å²) in [6.45, 7) is 4.41. The van der Waals surface area contributed by atoms with Crippen LogP contribution in [0.1, 0.15) is 23.1 Å². The number of carbonyl (C=O) groups is 2. The van der Waals surface area contributed by atoms with Crippen molar-refractivity contribution in [2.75, 3.05) is 21.9 Å². The van der Waals surface area contributed by atoms with Crippen molar-refractivity contribution in [1.82, 2.24) is 5.32 Å². The second-order valence-electron chi connectivity index (χ2n) is 6.86. The van der Waals surface area contributed by atoms with Crippen molar-refractivity contribution >= 4 is 33.2 Å². The molecular weight excluding hydrogens is 378 g/mol. The van der Waals surface area contributed by atoms with E-state index in [1.165, 1.54) is 4.31 Å². The van der Waals surface area contributed by atoms with E-state index in [1.54, 1.807) is 25.1 Å². The van der Waals surface area contributed by atoms with E-state index >= 15 is 0 Å². The molecule has 1 heterocycles. The summed E-state index contributed by atoms with van der Waals surface area (Å²) in [5.74, 6) is -1.43. The van der Waals surface area contributed by atoms with Crippen LogP contribution in [0.15, 0.2) is 42.5 Å². The molecular formula is C20H23N3O4S. The van der Waals surface area contributed by atoms with Gasteiger partial charge >= 0.3 is 11.8 Å². The molecule has 1 aliphatic heterocycles. The Morgan fingerprint density at radius 3 is 2.39 bits per heavy atom. The van der Waals surface area contributed by atoms with Crippen LogP contribution in [0, 0.1) is 13.8 Å². The Morgan fingerprint density at radius 2 is 1.75 bits per heavy atom. The highest BCUT2D eigenvalue weighted by atomic mass is 32.2. The predicted octanol–water partition coefficient (Wildman–Crippen LogP) is 2.10. The minimum Gasteiger partial charge on any atom is -0.344 e. The number of sulfonamides is 1. The topological polar surface area (TPSA) is 95.6 Å². The zero-order valence-electron chi connectivity index (χ0n) is 15.9. The van der Waals surface area contributed by atoms with E-state index in [9.17, 15) is 18.0 Å². The SMILES string of the molecule is Cc1ccc(CNC(=O)C(=O)Nc2cc(N3CCCS3(=O)=O)ccc2C)cc1. The highest BCUT2D eigenvalue weighted by molar-refractivity contribution is 7.93. The van der Waals surface area contributed by atoms with Gasteiger partial charge in [0.25, 0.3) is 0 Å². The van der Waals surface area contributed by atoms with Gasteiger partial charge in [0.1, 0.15) is 0 Å². The fourth-order valence-electron chi connectivity index (χ4n) is 2.98. The molecule has 0 bridgehead atoms. The number of nitrogens with one attached hydrogen (secondary N) is 2. The number of nitrogens with zero attached hydrogens (tertiary/aromatic N) is 1. The molecule has 148 valence electrons. The van der Waals surface area contributed by atoms with Gasteiger partial charge in [-0.3, -0.25) is 13.9 Å². The maximum absolute atomic E-state index is 12.2. The fourth-order valence-corrected chi connectivity index (χ4v) is 4.53. The molecule has 7 nitrogen and oxygen atoms in total. The van der Waals surface area contributed by atoms with Gasteiger partial charge in [-0.15, -0.1) is 0 Å². The summed E-state index contributed by atoms with van der Waals surface area (Å²) in [7, 11) is -3.32. The van der Waals surface area contributed by atoms with Crippen LogP contribution in [-0.4, -0.2) is 32.5 Å². The van der Waals surface area contributed by atoms with E-state index < -0.39 is 21.8 Å². The summed E-state index contributed by atoms with van der Waals surface area (Å²) >= 11 is 0. The van der Waals surface area contributed by atoms with Crippen molar-refractivity contribution in [2.45, 2.75) is 26.8 Å². The Morgan fingerprint density at radius 1 is 1.04 bits per heavy atom. The van der Waals surface area contributed by atoms with Gasteiger partial charge in [-0.1, -0.05) is 35.9 Å². The second-order valence-corrected chi connectivity index (χ2v) is 8.88. The van der Waals surface area contributed by atoms with Crippen molar-refractivity contribution in [3.63, 3.8) is 0 Å². The number of anilines is 2. The Bertz CT molecular complexity index is 1000. The maximum atomic E-state index is 12.2. The lowest BCUT2D eigenvalue weighted by Crippen LogP contribution is -2.35. The quantitative estimate of drug-likeness (QED) is 0.767. The van der Waals surface area contributed by atoms with Gasteiger partial charge in [-0.05, 0) is 43.5 Å². The first-order chi connectivity index (χ1) is 13.3. The van der Waals surface area contributed by atoms with Crippen LogP contribution in [0.5, 0.6) is 0 Å². The third kappa shape index (κ3) is 4.51. The lowest BCUT2D eigenvalue weighted by atomic mass is 10.1.